The molecular weight excluding hydrogens is 342 g/mol. The van der Waals surface area contributed by atoms with E-state index in [2.05, 4.69) is 13.2 Å². The van der Waals surface area contributed by atoms with Crippen molar-refractivity contribution in [2.45, 2.75) is 32.2 Å². The Morgan fingerprint density at radius 1 is 1.27 bits per heavy atom. The molecule has 2 aliphatic rings. The summed E-state index contributed by atoms with van der Waals surface area (Å²) in [5.74, 6) is -1.28. The van der Waals surface area contributed by atoms with Crippen molar-refractivity contribution in [3.63, 3.8) is 0 Å². The van der Waals surface area contributed by atoms with Crippen molar-refractivity contribution in [1.82, 2.24) is 4.90 Å². The highest BCUT2D eigenvalue weighted by molar-refractivity contribution is 5.90. The summed E-state index contributed by atoms with van der Waals surface area (Å²) in [4.78, 5) is 25.5. The van der Waals surface area contributed by atoms with Crippen LogP contribution in [0.5, 0.6) is 0 Å². The average Bonchev–Trinajstić information content (AvgIpc) is 2.86. The van der Waals surface area contributed by atoms with Crippen LogP contribution in [0.25, 0.3) is 0 Å². The van der Waals surface area contributed by atoms with Gasteiger partial charge in [-0.3, -0.25) is 0 Å². The van der Waals surface area contributed by atoms with E-state index < -0.39 is 30.4 Å². The molecule has 2 heterocycles. The first-order valence-corrected chi connectivity index (χ1v) is 8.41. The lowest BCUT2D eigenvalue weighted by atomic mass is 9.77. The number of esters is 1. The number of aliphatic hydroxyl groups is 2. The van der Waals surface area contributed by atoms with Gasteiger partial charge < -0.3 is 29.3 Å². The number of nitrogens with zero attached hydrogens (tertiary/aromatic N) is 1. The lowest BCUT2D eigenvalue weighted by molar-refractivity contribution is -0.196. The van der Waals surface area contributed by atoms with Crippen molar-refractivity contribution >= 4 is 12.1 Å². The summed E-state index contributed by atoms with van der Waals surface area (Å²) < 4.78 is 15.1. The van der Waals surface area contributed by atoms with Gasteiger partial charge in [-0.1, -0.05) is 32.2 Å². The van der Waals surface area contributed by atoms with Crippen molar-refractivity contribution in [1.29, 1.82) is 0 Å². The molecule has 2 N–H and O–H groups in total. The van der Waals surface area contributed by atoms with Crippen molar-refractivity contribution in [2.24, 2.45) is 11.8 Å². The topological polar surface area (TPSA) is 106 Å². The normalized spacial score (nSPS) is 27.9. The maximum absolute atomic E-state index is 12.3. The molecule has 0 saturated carbocycles. The molecule has 8 heteroatoms. The van der Waals surface area contributed by atoms with E-state index >= 15 is 0 Å². The molecule has 0 spiro atoms. The number of ether oxygens (including phenoxy) is 3. The van der Waals surface area contributed by atoms with Gasteiger partial charge in [-0.25, -0.2) is 9.59 Å². The quantitative estimate of drug-likeness (QED) is 0.483. The molecule has 0 aromatic carbocycles. The Hall–Kier alpha value is -2.32. The number of fused-ring (bicyclic) bond motifs is 1. The first kappa shape index (κ1) is 20.0. The van der Waals surface area contributed by atoms with Crippen molar-refractivity contribution in [2.75, 3.05) is 19.8 Å². The van der Waals surface area contributed by atoms with Crippen LogP contribution < -0.4 is 0 Å². The minimum absolute atomic E-state index is 0.0280. The zero-order chi connectivity index (χ0) is 19.4. The number of carbonyl (C=O) groups excluding carboxylic acids is 2. The van der Waals surface area contributed by atoms with Crippen LogP contribution in [0, 0.1) is 11.8 Å². The molecule has 26 heavy (non-hydrogen) atoms. The Kier molecular flexibility index (Phi) is 6.44. The molecule has 0 amide bonds. The summed E-state index contributed by atoms with van der Waals surface area (Å²) in [5.41, 5.74) is 0.657. The fraction of sp³-hybridized carbons (Fsp3) is 0.556. The number of carbonyl (C=O) groups is 2. The Morgan fingerprint density at radius 2 is 1.88 bits per heavy atom. The van der Waals surface area contributed by atoms with E-state index in [-0.39, 0.29) is 37.5 Å². The summed E-state index contributed by atoms with van der Waals surface area (Å²) >= 11 is 0. The minimum atomic E-state index is -1.04. The smallest absolute Gasteiger partial charge is 0.457 e. The minimum Gasteiger partial charge on any atom is -0.457 e. The van der Waals surface area contributed by atoms with Gasteiger partial charge in [0.1, 0.15) is 31.2 Å². The predicted molar refractivity (Wildman–Crippen MR) is 91.6 cm³/mol. The Labute approximate surface area is 152 Å². The standard InChI is InChI=1S/C18H25NO7/c1-5-7-24-17(22)15-12(9-20)10(3)14-13(16(21)19(14)15)11(4)26-18(23)25-8-6-2/h5-6,10-11,13-14,16,20-21H,1-2,7-9H2,3-4H3/t10-,11+,13+,14?,16?/m0/s1. The molecule has 0 aromatic rings. The molecule has 1 saturated heterocycles. The Morgan fingerprint density at radius 3 is 2.46 bits per heavy atom. The molecule has 1 fully saturated rings. The largest absolute Gasteiger partial charge is 0.508 e. The highest BCUT2D eigenvalue weighted by atomic mass is 16.7. The van der Waals surface area contributed by atoms with Gasteiger partial charge >= 0.3 is 12.1 Å². The van der Waals surface area contributed by atoms with Gasteiger partial charge in [0, 0.05) is 12.0 Å². The van der Waals surface area contributed by atoms with Gasteiger partial charge in [-0.05, 0) is 12.5 Å². The van der Waals surface area contributed by atoms with Crippen molar-refractivity contribution in [3.05, 3.63) is 36.6 Å². The Balaban J connectivity index is 2.12. The molecule has 144 valence electrons. The summed E-state index contributed by atoms with van der Waals surface area (Å²) in [5, 5.41) is 20.2. The lowest BCUT2D eigenvalue weighted by Gasteiger charge is -2.53. The van der Waals surface area contributed by atoms with Gasteiger partial charge in [-0.15, -0.1) is 0 Å². The predicted octanol–water partition coefficient (Wildman–Crippen LogP) is 0.958. The van der Waals surface area contributed by atoms with Crippen molar-refractivity contribution in [3.8, 4) is 0 Å². The highest BCUT2D eigenvalue weighted by Crippen LogP contribution is 2.49. The van der Waals surface area contributed by atoms with E-state index in [4.69, 9.17) is 14.2 Å². The van der Waals surface area contributed by atoms with Crippen LogP contribution in [-0.4, -0.2) is 65.4 Å². The van der Waals surface area contributed by atoms with Gasteiger partial charge in [0.05, 0.1) is 12.5 Å². The first-order chi connectivity index (χ1) is 12.4. The van der Waals surface area contributed by atoms with E-state index in [0.717, 1.165) is 0 Å². The van der Waals surface area contributed by atoms with Gasteiger partial charge in [-0.2, -0.15) is 0 Å². The molecule has 0 aliphatic carbocycles. The molecule has 2 aliphatic heterocycles. The van der Waals surface area contributed by atoms with E-state index in [0.29, 0.717) is 5.57 Å². The highest BCUT2D eigenvalue weighted by Gasteiger charge is 2.60. The average molecular weight is 367 g/mol. The molecule has 2 rings (SSSR count). The molecule has 5 atom stereocenters. The zero-order valence-electron chi connectivity index (χ0n) is 15.0. The van der Waals surface area contributed by atoms with E-state index in [1.807, 2.05) is 6.92 Å². The zero-order valence-corrected chi connectivity index (χ0v) is 15.0. The van der Waals surface area contributed by atoms with Gasteiger partial charge in [0.25, 0.3) is 0 Å². The van der Waals surface area contributed by atoms with Crippen LogP contribution >= 0.6 is 0 Å². The SMILES string of the molecule is C=CCOC(=O)O[C@H](C)[C@H]1C(O)N2C(C(=O)OCC=C)=C(CO)[C@H](C)C12. The van der Waals surface area contributed by atoms with Crippen molar-refractivity contribution < 1.29 is 34.0 Å². The molecule has 0 aromatic heterocycles. The third-order valence-corrected chi connectivity index (χ3v) is 4.81. The number of hydrogen-bond acceptors (Lipinski definition) is 8. The van der Waals surface area contributed by atoms with E-state index in [9.17, 15) is 19.8 Å². The third-order valence-electron chi connectivity index (χ3n) is 4.81. The fourth-order valence-electron chi connectivity index (χ4n) is 3.64. The molecule has 0 bridgehead atoms. The molecular formula is C18H25NO7. The molecule has 2 unspecified atom stereocenters. The maximum atomic E-state index is 12.3. The van der Waals surface area contributed by atoms with E-state index in [1.54, 1.807) is 6.92 Å². The van der Waals surface area contributed by atoms with E-state index in [1.165, 1.54) is 17.1 Å². The summed E-state index contributed by atoms with van der Waals surface area (Å²) in [6.07, 6.45) is 0.320. The van der Waals surface area contributed by atoms with Crippen LogP contribution in [0.1, 0.15) is 13.8 Å². The van der Waals surface area contributed by atoms with Crippen LogP contribution in [-0.2, 0) is 19.0 Å². The molecule has 8 nitrogen and oxygen atoms in total. The second-order valence-corrected chi connectivity index (χ2v) is 6.27. The lowest BCUT2D eigenvalue weighted by Crippen LogP contribution is -2.66. The van der Waals surface area contributed by atoms with Crippen LogP contribution in [0.2, 0.25) is 0 Å². The van der Waals surface area contributed by atoms with Gasteiger partial charge in [0.2, 0.25) is 0 Å². The Bertz CT molecular complexity index is 615. The third kappa shape index (κ3) is 3.47. The number of rotatable bonds is 8. The monoisotopic (exact) mass is 367 g/mol. The van der Waals surface area contributed by atoms with Crippen LogP contribution in [0.4, 0.5) is 4.79 Å². The second-order valence-electron chi connectivity index (χ2n) is 6.27. The molecule has 0 radical (unpaired) electrons. The second kappa shape index (κ2) is 8.37. The number of hydrogen-bond donors (Lipinski definition) is 2. The van der Waals surface area contributed by atoms with Gasteiger partial charge in [0.15, 0.2) is 0 Å². The number of aliphatic hydroxyl groups excluding tert-OH is 2. The summed E-state index contributed by atoms with van der Waals surface area (Å²) in [7, 11) is 0. The van der Waals surface area contributed by atoms with Crippen LogP contribution in [0.15, 0.2) is 36.6 Å². The summed E-state index contributed by atoms with van der Waals surface area (Å²) in [6.45, 7) is 10.2. The summed E-state index contributed by atoms with van der Waals surface area (Å²) in [6, 6.07) is -0.291. The fourth-order valence-corrected chi connectivity index (χ4v) is 3.64. The first-order valence-electron chi connectivity index (χ1n) is 8.41. The van der Waals surface area contributed by atoms with Crippen LogP contribution in [0.3, 0.4) is 0 Å². The maximum Gasteiger partial charge on any atom is 0.508 e.